The van der Waals surface area contributed by atoms with Crippen molar-refractivity contribution in [3.05, 3.63) is 53.3 Å². The normalized spacial score (nSPS) is 20.7. The third kappa shape index (κ3) is 4.34. The lowest BCUT2D eigenvalue weighted by Crippen LogP contribution is -2.27. The number of aromatic nitrogens is 1. The molecule has 1 saturated carbocycles. The van der Waals surface area contributed by atoms with Crippen molar-refractivity contribution in [1.82, 2.24) is 4.98 Å². The van der Waals surface area contributed by atoms with Crippen LogP contribution in [0.1, 0.15) is 48.4 Å². The summed E-state index contributed by atoms with van der Waals surface area (Å²) in [6.45, 7) is 4.26. The van der Waals surface area contributed by atoms with E-state index in [1.54, 1.807) is 7.11 Å². The minimum Gasteiger partial charge on any atom is -0.497 e. The third-order valence-corrected chi connectivity index (χ3v) is 5.30. The van der Waals surface area contributed by atoms with Crippen molar-refractivity contribution < 1.29 is 4.74 Å². The van der Waals surface area contributed by atoms with Crippen molar-refractivity contribution in [2.24, 2.45) is 10.7 Å². The number of nitrogens with two attached hydrogens (primary N) is 1. The molecule has 0 aliphatic heterocycles. The largest absolute Gasteiger partial charge is 0.497 e. The van der Waals surface area contributed by atoms with Gasteiger partial charge in [-0.15, -0.1) is 0 Å². The van der Waals surface area contributed by atoms with Crippen LogP contribution in [0.5, 0.6) is 5.75 Å². The van der Waals surface area contributed by atoms with Crippen LogP contribution in [0.2, 0.25) is 0 Å². The number of methoxy groups -OCH3 is 1. The van der Waals surface area contributed by atoms with Crippen LogP contribution in [0, 0.1) is 13.8 Å². The number of nitrogens with zero attached hydrogens (tertiary/aromatic N) is 2. The summed E-state index contributed by atoms with van der Waals surface area (Å²) in [7, 11) is 1.65. The Hall–Kier alpha value is -2.56. The summed E-state index contributed by atoms with van der Waals surface area (Å²) in [6.07, 6.45) is 6.34. The zero-order valence-electron chi connectivity index (χ0n) is 15.8. The van der Waals surface area contributed by atoms with E-state index < -0.39 is 0 Å². The quantitative estimate of drug-likeness (QED) is 0.640. The molecule has 0 radical (unpaired) electrons. The van der Waals surface area contributed by atoms with Crippen molar-refractivity contribution in [2.45, 2.75) is 51.5 Å². The van der Waals surface area contributed by atoms with Crippen molar-refractivity contribution in [2.75, 3.05) is 12.4 Å². The molecular weight excluding hydrogens is 324 g/mol. The van der Waals surface area contributed by atoms with Gasteiger partial charge in [0.25, 0.3) is 0 Å². The molecule has 5 heteroatoms. The zero-order chi connectivity index (χ0) is 18.5. The number of benzene rings is 1. The number of ether oxygens (including phenoxy) is 1. The summed E-state index contributed by atoms with van der Waals surface area (Å²) in [5.74, 6) is 1.87. The first-order valence-electron chi connectivity index (χ1n) is 9.23. The average Bonchev–Trinajstić information content (AvgIpc) is 2.65. The van der Waals surface area contributed by atoms with Gasteiger partial charge in [-0.2, -0.15) is 0 Å². The number of anilines is 1. The molecule has 5 nitrogen and oxygen atoms in total. The van der Waals surface area contributed by atoms with E-state index in [1.165, 1.54) is 11.1 Å². The summed E-state index contributed by atoms with van der Waals surface area (Å²) in [5.41, 5.74) is 10.9. The van der Waals surface area contributed by atoms with E-state index in [0.717, 1.165) is 42.8 Å². The molecule has 1 aromatic heterocycles. The van der Waals surface area contributed by atoms with Crippen LogP contribution in [-0.2, 0) is 0 Å². The second kappa shape index (κ2) is 8.21. The number of hydrogen-bond acceptors (Lipinski definition) is 3. The highest BCUT2D eigenvalue weighted by atomic mass is 16.5. The lowest BCUT2D eigenvalue weighted by atomic mass is 9.80. The fourth-order valence-electron chi connectivity index (χ4n) is 3.70. The first-order valence-corrected chi connectivity index (χ1v) is 9.23. The van der Waals surface area contributed by atoms with Gasteiger partial charge in [0.2, 0.25) is 0 Å². The Kier molecular flexibility index (Phi) is 5.76. The van der Waals surface area contributed by atoms with Crippen LogP contribution in [0.15, 0.2) is 41.5 Å². The number of guanidine groups is 1. The Morgan fingerprint density at radius 1 is 1.19 bits per heavy atom. The molecule has 0 bridgehead atoms. The highest BCUT2D eigenvalue weighted by molar-refractivity contribution is 5.92. The van der Waals surface area contributed by atoms with Crippen LogP contribution in [0.3, 0.4) is 0 Å². The molecule has 0 spiro atoms. The average molecular weight is 352 g/mol. The number of aliphatic imine (C=N–C) groups is 1. The van der Waals surface area contributed by atoms with Gasteiger partial charge in [0.1, 0.15) is 5.75 Å². The maximum Gasteiger partial charge on any atom is 0.193 e. The Bertz CT molecular complexity index is 779. The van der Waals surface area contributed by atoms with E-state index in [-0.39, 0.29) is 6.04 Å². The minimum atomic E-state index is 0.285. The molecule has 0 amide bonds. The van der Waals surface area contributed by atoms with Gasteiger partial charge in [-0.1, -0.05) is 6.07 Å². The molecular formula is C21H28N4O. The predicted molar refractivity (Wildman–Crippen MR) is 107 cm³/mol. The van der Waals surface area contributed by atoms with Crippen molar-refractivity contribution in [3.63, 3.8) is 0 Å². The molecule has 1 aliphatic rings. The van der Waals surface area contributed by atoms with Crippen LogP contribution in [0.25, 0.3) is 0 Å². The summed E-state index contributed by atoms with van der Waals surface area (Å²) in [5, 5.41) is 3.16. The number of nitrogens with one attached hydrogen (secondary N) is 1. The Balaban J connectivity index is 1.59. The number of pyridine rings is 1. The summed E-state index contributed by atoms with van der Waals surface area (Å²) in [4.78, 5) is 9.07. The third-order valence-electron chi connectivity index (χ3n) is 5.30. The maximum absolute atomic E-state index is 6.11. The fraction of sp³-hybridized carbons (Fsp3) is 0.429. The molecule has 0 saturated heterocycles. The van der Waals surface area contributed by atoms with E-state index >= 15 is 0 Å². The SMILES string of the molecule is COc1cccc(NC(N)=NC2CCC(c3ccnc(C)c3C)CC2)c1. The molecule has 3 N–H and O–H groups in total. The van der Waals surface area contributed by atoms with Gasteiger partial charge in [0.15, 0.2) is 5.96 Å². The van der Waals surface area contributed by atoms with E-state index in [1.807, 2.05) is 30.5 Å². The maximum atomic E-state index is 6.11. The van der Waals surface area contributed by atoms with Crippen LogP contribution in [-0.4, -0.2) is 24.1 Å². The molecule has 26 heavy (non-hydrogen) atoms. The monoisotopic (exact) mass is 352 g/mol. The van der Waals surface area contributed by atoms with Crippen molar-refractivity contribution in [3.8, 4) is 5.75 Å². The summed E-state index contributed by atoms with van der Waals surface area (Å²) < 4.78 is 5.23. The predicted octanol–water partition coefficient (Wildman–Crippen LogP) is 4.16. The second-order valence-electron chi connectivity index (χ2n) is 6.99. The van der Waals surface area contributed by atoms with E-state index in [4.69, 9.17) is 10.5 Å². The zero-order valence-corrected chi connectivity index (χ0v) is 15.8. The lowest BCUT2D eigenvalue weighted by molar-refractivity contribution is 0.396. The molecule has 1 aromatic carbocycles. The van der Waals surface area contributed by atoms with Gasteiger partial charge in [-0.05, 0) is 74.8 Å². The first kappa shape index (κ1) is 18.2. The standard InChI is InChI=1S/C21H28N4O/c1-14-15(2)23-12-11-20(14)16-7-9-17(10-8-16)24-21(22)25-18-5-4-6-19(13-18)26-3/h4-6,11-13,16-17H,7-10H2,1-3H3,(H3,22,24,25). The van der Waals surface area contributed by atoms with Crippen molar-refractivity contribution in [1.29, 1.82) is 0 Å². The first-order chi connectivity index (χ1) is 12.6. The molecule has 2 aromatic rings. The molecule has 1 heterocycles. The lowest BCUT2D eigenvalue weighted by Gasteiger charge is -2.28. The topological polar surface area (TPSA) is 72.5 Å². The number of hydrogen-bond donors (Lipinski definition) is 2. The number of aryl methyl sites for hydroxylation is 1. The van der Waals surface area contributed by atoms with Crippen molar-refractivity contribution >= 4 is 11.6 Å². The smallest absolute Gasteiger partial charge is 0.193 e. The van der Waals surface area contributed by atoms with Crippen LogP contribution < -0.4 is 15.8 Å². The van der Waals surface area contributed by atoms with E-state index in [9.17, 15) is 0 Å². The van der Waals surface area contributed by atoms with Gasteiger partial charge >= 0.3 is 0 Å². The van der Waals surface area contributed by atoms with Gasteiger partial charge < -0.3 is 15.8 Å². The summed E-state index contributed by atoms with van der Waals surface area (Å²) in [6, 6.07) is 10.2. The Labute approximate surface area is 155 Å². The highest BCUT2D eigenvalue weighted by Crippen LogP contribution is 2.35. The minimum absolute atomic E-state index is 0.285. The Morgan fingerprint density at radius 3 is 2.69 bits per heavy atom. The summed E-state index contributed by atoms with van der Waals surface area (Å²) >= 11 is 0. The molecule has 1 aliphatic carbocycles. The molecule has 0 unspecified atom stereocenters. The fourth-order valence-corrected chi connectivity index (χ4v) is 3.70. The molecule has 138 valence electrons. The van der Waals surface area contributed by atoms with Gasteiger partial charge in [-0.3, -0.25) is 4.98 Å². The Morgan fingerprint density at radius 2 is 1.96 bits per heavy atom. The van der Waals surface area contributed by atoms with Gasteiger partial charge in [-0.25, -0.2) is 4.99 Å². The second-order valence-corrected chi connectivity index (χ2v) is 6.99. The van der Waals surface area contributed by atoms with Crippen LogP contribution >= 0.6 is 0 Å². The van der Waals surface area contributed by atoms with Gasteiger partial charge in [0, 0.05) is 23.6 Å². The molecule has 1 fully saturated rings. The van der Waals surface area contributed by atoms with Gasteiger partial charge in [0.05, 0.1) is 13.2 Å². The molecule has 0 atom stereocenters. The number of rotatable bonds is 4. The van der Waals surface area contributed by atoms with E-state index in [0.29, 0.717) is 11.9 Å². The highest BCUT2D eigenvalue weighted by Gasteiger charge is 2.23. The molecule has 3 rings (SSSR count). The van der Waals surface area contributed by atoms with Crippen LogP contribution in [0.4, 0.5) is 5.69 Å². The van der Waals surface area contributed by atoms with E-state index in [2.05, 4.69) is 35.2 Å².